The molecule has 1 aliphatic rings. The maximum absolute atomic E-state index is 12.0. The lowest BCUT2D eigenvalue weighted by molar-refractivity contribution is 0.507. The third-order valence-electron chi connectivity index (χ3n) is 3.39. The molecule has 0 bridgehead atoms. The Bertz CT molecular complexity index is 567. The molecule has 19 heavy (non-hydrogen) atoms. The van der Waals surface area contributed by atoms with Gasteiger partial charge in [0.2, 0.25) is 10.0 Å². The largest absolute Gasteiger partial charge is 0.399 e. The summed E-state index contributed by atoms with van der Waals surface area (Å²) < 4.78 is 26.7. The molecule has 1 atom stereocenters. The molecule has 3 N–H and O–H groups in total. The van der Waals surface area contributed by atoms with Crippen molar-refractivity contribution in [1.29, 1.82) is 0 Å². The fourth-order valence-corrected chi connectivity index (χ4v) is 3.74. The van der Waals surface area contributed by atoms with Crippen molar-refractivity contribution in [3.8, 4) is 0 Å². The third kappa shape index (κ3) is 3.58. The molecule has 1 aliphatic carbocycles. The van der Waals surface area contributed by atoms with Gasteiger partial charge in [0.25, 0.3) is 0 Å². The maximum Gasteiger partial charge on any atom is 0.212 e. The van der Waals surface area contributed by atoms with Gasteiger partial charge in [0, 0.05) is 11.7 Å². The molecule has 1 aromatic carbocycles. The van der Waals surface area contributed by atoms with Gasteiger partial charge in [-0.15, -0.1) is 6.58 Å². The second-order valence-electron chi connectivity index (χ2n) is 4.92. The molecule has 4 nitrogen and oxygen atoms in total. The van der Waals surface area contributed by atoms with E-state index in [9.17, 15) is 8.42 Å². The summed E-state index contributed by atoms with van der Waals surface area (Å²) in [5.74, 6) is 0.0945. The first-order chi connectivity index (χ1) is 9.02. The van der Waals surface area contributed by atoms with Crippen molar-refractivity contribution in [3.63, 3.8) is 0 Å². The van der Waals surface area contributed by atoms with E-state index < -0.39 is 10.0 Å². The number of sulfonamides is 1. The number of benzene rings is 1. The summed E-state index contributed by atoms with van der Waals surface area (Å²) in [6, 6.07) is 5.58. The molecule has 0 amide bonds. The first kappa shape index (κ1) is 14.1. The standard InChI is InChI=1S/C14H20N2O2S/c1-2-3-9-19(17,18)16-14-6-4-5-11-10-12(15)7-8-13(11)14/h2,7-8,10,14,16H,1,3-6,9,15H2. The first-order valence-corrected chi connectivity index (χ1v) is 8.16. The maximum atomic E-state index is 12.0. The van der Waals surface area contributed by atoms with E-state index in [1.54, 1.807) is 6.08 Å². The van der Waals surface area contributed by atoms with Crippen LogP contribution in [-0.2, 0) is 16.4 Å². The number of rotatable bonds is 5. The third-order valence-corrected chi connectivity index (χ3v) is 4.81. The number of hydrogen-bond donors (Lipinski definition) is 2. The van der Waals surface area contributed by atoms with E-state index in [1.165, 1.54) is 0 Å². The highest BCUT2D eigenvalue weighted by Crippen LogP contribution is 2.31. The van der Waals surface area contributed by atoms with Crippen LogP contribution in [0.2, 0.25) is 0 Å². The van der Waals surface area contributed by atoms with E-state index in [0.717, 1.165) is 36.1 Å². The normalized spacial score (nSPS) is 18.8. The summed E-state index contributed by atoms with van der Waals surface area (Å²) in [5, 5.41) is 0. The molecule has 0 aromatic heterocycles. The van der Waals surface area contributed by atoms with E-state index in [-0.39, 0.29) is 11.8 Å². The van der Waals surface area contributed by atoms with Crippen LogP contribution in [0.15, 0.2) is 30.9 Å². The van der Waals surface area contributed by atoms with Gasteiger partial charge in [-0.3, -0.25) is 0 Å². The van der Waals surface area contributed by atoms with Gasteiger partial charge in [0.15, 0.2) is 0 Å². The molecule has 0 heterocycles. The van der Waals surface area contributed by atoms with Crippen LogP contribution < -0.4 is 10.5 Å². The molecule has 0 aliphatic heterocycles. The van der Waals surface area contributed by atoms with E-state index >= 15 is 0 Å². The highest BCUT2D eigenvalue weighted by Gasteiger charge is 2.24. The molecule has 0 saturated heterocycles. The number of anilines is 1. The number of allylic oxidation sites excluding steroid dienone is 1. The number of nitrogens with two attached hydrogens (primary N) is 1. The lowest BCUT2D eigenvalue weighted by atomic mass is 9.88. The quantitative estimate of drug-likeness (QED) is 0.641. The number of nitrogens with one attached hydrogen (secondary N) is 1. The van der Waals surface area contributed by atoms with Crippen molar-refractivity contribution in [2.75, 3.05) is 11.5 Å². The minimum absolute atomic E-state index is 0.0945. The van der Waals surface area contributed by atoms with Crippen molar-refractivity contribution in [3.05, 3.63) is 42.0 Å². The van der Waals surface area contributed by atoms with Gasteiger partial charge in [-0.05, 0) is 48.9 Å². The van der Waals surface area contributed by atoms with Gasteiger partial charge in [-0.1, -0.05) is 12.1 Å². The molecular weight excluding hydrogens is 260 g/mol. The summed E-state index contributed by atoms with van der Waals surface area (Å²) in [6.45, 7) is 3.55. The zero-order valence-electron chi connectivity index (χ0n) is 10.9. The molecule has 0 radical (unpaired) electrons. The van der Waals surface area contributed by atoms with Gasteiger partial charge in [0.05, 0.1) is 5.75 Å². The molecule has 1 aromatic rings. The van der Waals surface area contributed by atoms with E-state index in [4.69, 9.17) is 5.73 Å². The summed E-state index contributed by atoms with van der Waals surface area (Å²) in [6.07, 6.45) is 4.87. The van der Waals surface area contributed by atoms with Gasteiger partial charge < -0.3 is 5.73 Å². The number of nitrogen functional groups attached to an aromatic ring is 1. The monoisotopic (exact) mass is 280 g/mol. The van der Waals surface area contributed by atoms with Gasteiger partial charge in [-0.25, -0.2) is 13.1 Å². The molecule has 5 heteroatoms. The van der Waals surface area contributed by atoms with Crippen molar-refractivity contribution in [2.24, 2.45) is 0 Å². The van der Waals surface area contributed by atoms with Crippen LogP contribution in [0.5, 0.6) is 0 Å². The number of fused-ring (bicyclic) bond motifs is 1. The van der Waals surface area contributed by atoms with Crippen molar-refractivity contribution >= 4 is 15.7 Å². The Balaban J connectivity index is 2.18. The molecule has 0 fully saturated rings. The van der Waals surface area contributed by atoms with Crippen LogP contribution in [0.1, 0.15) is 36.4 Å². The fraction of sp³-hybridized carbons (Fsp3) is 0.429. The highest BCUT2D eigenvalue weighted by molar-refractivity contribution is 7.89. The van der Waals surface area contributed by atoms with Crippen LogP contribution in [0, 0.1) is 0 Å². The van der Waals surface area contributed by atoms with E-state index in [1.807, 2.05) is 18.2 Å². The van der Waals surface area contributed by atoms with Gasteiger partial charge in [-0.2, -0.15) is 0 Å². The molecule has 2 rings (SSSR count). The Labute approximate surface area is 114 Å². The first-order valence-electron chi connectivity index (χ1n) is 6.51. The second-order valence-corrected chi connectivity index (χ2v) is 6.79. The zero-order chi connectivity index (χ0) is 13.9. The second kappa shape index (κ2) is 5.75. The van der Waals surface area contributed by atoms with Crippen LogP contribution in [0.25, 0.3) is 0 Å². The minimum Gasteiger partial charge on any atom is -0.399 e. The fourth-order valence-electron chi connectivity index (χ4n) is 2.47. The molecule has 1 unspecified atom stereocenters. The topological polar surface area (TPSA) is 72.2 Å². The molecule has 0 spiro atoms. The average Bonchev–Trinajstić information content (AvgIpc) is 2.36. The smallest absolute Gasteiger partial charge is 0.212 e. The van der Waals surface area contributed by atoms with Crippen LogP contribution in [-0.4, -0.2) is 14.2 Å². The lowest BCUT2D eigenvalue weighted by Gasteiger charge is -2.26. The predicted octanol–water partition coefficient (Wildman–Crippen LogP) is 2.14. The van der Waals surface area contributed by atoms with Crippen LogP contribution in [0.4, 0.5) is 5.69 Å². The summed E-state index contributed by atoms with van der Waals surface area (Å²) in [7, 11) is -3.25. The summed E-state index contributed by atoms with van der Waals surface area (Å²) >= 11 is 0. The minimum atomic E-state index is -3.25. The van der Waals surface area contributed by atoms with Crippen molar-refractivity contribution in [1.82, 2.24) is 4.72 Å². The predicted molar refractivity (Wildman–Crippen MR) is 78.3 cm³/mol. The van der Waals surface area contributed by atoms with Gasteiger partial charge >= 0.3 is 0 Å². The number of aryl methyl sites for hydroxylation is 1. The summed E-state index contributed by atoms with van der Waals surface area (Å²) in [4.78, 5) is 0. The Kier molecular flexibility index (Phi) is 4.27. The van der Waals surface area contributed by atoms with Crippen molar-refractivity contribution in [2.45, 2.75) is 31.7 Å². The Morgan fingerprint density at radius 1 is 1.47 bits per heavy atom. The lowest BCUT2D eigenvalue weighted by Crippen LogP contribution is -2.32. The average molecular weight is 280 g/mol. The Morgan fingerprint density at radius 3 is 3.00 bits per heavy atom. The molecule has 104 valence electrons. The number of hydrogen-bond acceptors (Lipinski definition) is 3. The Morgan fingerprint density at radius 2 is 2.26 bits per heavy atom. The molecule has 0 saturated carbocycles. The van der Waals surface area contributed by atoms with Crippen LogP contribution in [0.3, 0.4) is 0 Å². The zero-order valence-corrected chi connectivity index (χ0v) is 11.7. The Hall–Kier alpha value is -1.33. The highest BCUT2D eigenvalue weighted by atomic mass is 32.2. The summed E-state index contributed by atoms with van der Waals surface area (Å²) in [5.41, 5.74) is 8.71. The van der Waals surface area contributed by atoms with Gasteiger partial charge in [0.1, 0.15) is 0 Å². The van der Waals surface area contributed by atoms with Crippen LogP contribution >= 0.6 is 0 Å². The van der Waals surface area contributed by atoms with Crippen molar-refractivity contribution < 1.29 is 8.42 Å². The SMILES string of the molecule is C=CCCS(=O)(=O)NC1CCCc2cc(N)ccc21. The van der Waals surface area contributed by atoms with E-state index in [2.05, 4.69) is 11.3 Å². The molecular formula is C14H20N2O2S. The van der Waals surface area contributed by atoms with E-state index in [0.29, 0.717) is 6.42 Å².